The van der Waals surface area contributed by atoms with Gasteiger partial charge in [-0.3, -0.25) is 4.79 Å². The first-order valence-corrected chi connectivity index (χ1v) is 16.2. The maximum Gasteiger partial charge on any atom is 0.249 e. The van der Waals surface area contributed by atoms with Crippen molar-refractivity contribution in [3.8, 4) is 5.75 Å². The Labute approximate surface area is 241 Å². The van der Waals surface area contributed by atoms with E-state index < -0.39 is 10.0 Å². The first-order valence-electron chi connectivity index (χ1n) is 13.9. The quantitative estimate of drug-likeness (QED) is 0.355. The summed E-state index contributed by atoms with van der Waals surface area (Å²) in [6.45, 7) is 6.85. The van der Waals surface area contributed by atoms with E-state index >= 15 is 0 Å². The smallest absolute Gasteiger partial charge is 0.249 e. The summed E-state index contributed by atoms with van der Waals surface area (Å²) in [4.78, 5) is 17.1. The van der Waals surface area contributed by atoms with E-state index in [2.05, 4.69) is 42.6 Å². The Morgan fingerprint density at radius 3 is 2.45 bits per heavy atom. The van der Waals surface area contributed by atoms with E-state index in [1.165, 1.54) is 16.0 Å². The van der Waals surface area contributed by atoms with E-state index in [0.29, 0.717) is 41.3 Å². The number of thiophene rings is 1. The molecule has 0 radical (unpaired) electrons. The molecule has 2 aliphatic rings. The number of carbonyl (C=O) groups excluding carboxylic acids is 1. The van der Waals surface area contributed by atoms with Gasteiger partial charge in [-0.05, 0) is 85.9 Å². The lowest BCUT2D eigenvalue weighted by molar-refractivity contribution is -0.138. The third kappa shape index (κ3) is 5.70. The topological polar surface area (TPSA) is 76.1 Å². The van der Waals surface area contributed by atoms with Crippen LogP contribution in [0.1, 0.15) is 58.0 Å². The molecule has 9 heteroatoms. The summed E-state index contributed by atoms with van der Waals surface area (Å²) in [6, 6.07) is 13.6. The molecule has 0 aliphatic carbocycles. The number of piperidine rings is 1. The summed E-state index contributed by atoms with van der Waals surface area (Å²) >= 11 is 1.74. The number of nitrogens with zero attached hydrogens (tertiary/aromatic N) is 2. The van der Waals surface area contributed by atoms with Crippen molar-refractivity contribution in [3.63, 3.8) is 0 Å². The first kappa shape index (κ1) is 28.8. The van der Waals surface area contributed by atoms with Gasteiger partial charge in [-0.25, -0.2) is 8.42 Å². The van der Waals surface area contributed by atoms with Gasteiger partial charge in [-0.1, -0.05) is 36.2 Å². The highest BCUT2D eigenvalue weighted by atomic mass is 32.2. The number of sulfonamides is 1. The van der Waals surface area contributed by atoms with Gasteiger partial charge < -0.3 is 14.4 Å². The molecule has 1 aromatic heterocycles. The minimum absolute atomic E-state index is 0.0746. The third-order valence-corrected chi connectivity index (χ3v) is 11.3. The molecule has 0 saturated carbocycles. The van der Waals surface area contributed by atoms with Gasteiger partial charge in [0.1, 0.15) is 12.4 Å². The Morgan fingerprint density at radius 2 is 1.75 bits per heavy atom. The van der Waals surface area contributed by atoms with Crippen LogP contribution >= 0.6 is 11.3 Å². The SMILES string of the molecule is COc1cc(C)c(S(=O)(=O)N2CCCCC2COCC(=O)N2CCc3sccc3C2c2ccc(C)cc2)c(C)c1. The Morgan fingerprint density at radius 1 is 1.02 bits per heavy atom. The van der Waals surface area contributed by atoms with Gasteiger partial charge in [0, 0.05) is 24.0 Å². The van der Waals surface area contributed by atoms with Crippen molar-refractivity contribution in [2.45, 2.75) is 63.4 Å². The van der Waals surface area contributed by atoms with Crippen LogP contribution < -0.4 is 4.74 Å². The van der Waals surface area contributed by atoms with Crippen molar-refractivity contribution >= 4 is 27.3 Å². The second-order valence-corrected chi connectivity index (χ2v) is 13.6. The van der Waals surface area contributed by atoms with Gasteiger partial charge in [0.15, 0.2) is 0 Å². The van der Waals surface area contributed by atoms with Crippen LogP contribution in [-0.2, 0) is 26.0 Å². The third-order valence-electron chi connectivity index (χ3n) is 8.02. The molecule has 1 saturated heterocycles. The number of aryl methyl sites for hydroxylation is 3. The molecule has 3 aromatic rings. The number of ether oxygens (including phenoxy) is 2. The molecule has 0 spiro atoms. The van der Waals surface area contributed by atoms with Crippen LogP contribution in [0.4, 0.5) is 0 Å². The maximum atomic E-state index is 13.9. The van der Waals surface area contributed by atoms with Crippen molar-refractivity contribution in [1.29, 1.82) is 0 Å². The van der Waals surface area contributed by atoms with Crippen LogP contribution in [0, 0.1) is 20.8 Å². The fourth-order valence-electron chi connectivity index (χ4n) is 6.07. The van der Waals surface area contributed by atoms with E-state index in [4.69, 9.17) is 9.47 Å². The Bertz CT molecular complexity index is 1440. The van der Waals surface area contributed by atoms with E-state index in [1.807, 2.05) is 4.90 Å². The van der Waals surface area contributed by atoms with Crippen molar-refractivity contribution < 1.29 is 22.7 Å². The summed E-state index contributed by atoms with van der Waals surface area (Å²) in [5.74, 6) is 0.566. The highest BCUT2D eigenvalue weighted by molar-refractivity contribution is 7.89. The molecule has 7 nitrogen and oxygen atoms in total. The predicted molar refractivity (Wildman–Crippen MR) is 158 cm³/mol. The van der Waals surface area contributed by atoms with Gasteiger partial charge in [0.2, 0.25) is 15.9 Å². The van der Waals surface area contributed by atoms with Crippen LogP contribution in [0.2, 0.25) is 0 Å². The molecule has 2 aromatic carbocycles. The molecule has 2 unspecified atom stereocenters. The molecule has 0 N–H and O–H groups in total. The maximum absolute atomic E-state index is 13.9. The second-order valence-electron chi connectivity index (χ2n) is 10.8. The molecule has 1 amide bonds. The summed E-state index contributed by atoms with van der Waals surface area (Å²) in [6.07, 6.45) is 3.26. The molecule has 40 heavy (non-hydrogen) atoms. The van der Waals surface area contributed by atoms with Crippen molar-refractivity contribution in [2.24, 2.45) is 0 Å². The normalized spacial score (nSPS) is 19.9. The monoisotopic (exact) mass is 582 g/mol. The number of hydrogen-bond acceptors (Lipinski definition) is 6. The molecular weight excluding hydrogens is 544 g/mol. The molecule has 1 fully saturated rings. The molecule has 5 rings (SSSR count). The first-order chi connectivity index (χ1) is 19.2. The standard InChI is InChI=1S/C31H38N2O5S2/c1-21-8-10-24(11-9-21)30-27-13-16-39-28(27)12-15-32(30)29(34)20-38-19-25-7-5-6-14-33(25)40(35,36)31-22(2)17-26(37-4)18-23(31)3/h8-11,13,16-18,25,30H,5-7,12,14-15,19-20H2,1-4H3. The zero-order chi connectivity index (χ0) is 28.4. The molecule has 3 heterocycles. The van der Waals surface area contributed by atoms with E-state index in [1.54, 1.807) is 48.7 Å². The van der Waals surface area contributed by atoms with Gasteiger partial charge in [0.05, 0.1) is 24.7 Å². The van der Waals surface area contributed by atoms with Crippen LogP contribution in [0.15, 0.2) is 52.7 Å². The molecule has 0 bridgehead atoms. The number of rotatable bonds is 8. The van der Waals surface area contributed by atoms with Crippen LogP contribution in [0.25, 0.3) is 0 Å². The van der Waals surface area contributed by atoms with Gasteiger partial charge in [-0.15, -0.1) is 11.3 Å². The fourth-order valence-corrected chi connectivity index (χ4v) is 9.07. The molecule has 214 valence electrons. The number of amides is 1. The lowest BCUT2D eigenvalue weighted by atomic mass is 9.92. The van der Waals surface area contributed by atoms with E-state index in [0.717, 1.165) is 24.8 Å². The number of hydrogen-bond donors (Lipinski definition) is 0. The highest BCUT2D eigenvalue weighted by Gasteiger charge is 2.37. The average Bonchev–Trinajstić information content (AvgIpc) is 3.41. The summed E-state index contributed by atoms with van der Waals surface area (Å²) in [7, 11) is -2.16. The van der Waals surface area contributed by atoms with E-state index in [-0.39, 0.29) is 31.2 Å². The number of fused-ring (bicyclic) bond motifs is 1. The molecule has 2 atom stereocenters. The lowest BCUT2D eigenvalue weighted by Crippen LogP contribution is -2.47. The zero-order valence-electron chi connectivity index (χ0n) is 23.7. The van der Waals surface area contributed by atoms with Crippen LogP contribution in [0.3, 0.4) is 0 Å². The highest BCUT2D eigenvalue weighted by Crippen LogP contribution is 2.38. The number of benzene rings is 2. The summed E-state index contributed by atoms with van der Waals surface area (Å²) < 4.78 is 40.6. The predicted octanol–water partition coefficient (Wildman–Crippen LogP) is 5.42. The minimum Gasteiger partial charge on any atom is -0.497 e. The second kappa shape index (κ2) is 12.0. The molecular formula is C31H38N2O5S2. The Balaban J connectivity index is 1.30. The van der Waals surface area contributed by atoms with Gasteiger partial charge in [0.25, 0.3) is 0 Å². The van der Waals surface area contributed by atoms with Crippen LogP contribution in [0.5, 0.6) is 5.75 Å². The molecule has 2 aliphatic heterocycles. The minimum atomic E-state index is -3.74. The summed E-state index contributed by atoms with van der Waals surface area (Å²) in [5, 5.41) is 2.10. The van der Waals surface area contributed by atoms with Crippen molar-refractivity contribution in [3.05, 3.63) is 80.5 Å². The van der Waals surface area contributed by atoms with Crippen molar-refractivity contribution in [1.82, 2.24) is 9.21 Å². The van der Waals surface area contributed by atoms with Gasteiger partial charge >= 0.3 is 0 Å². The van der Waals surface area contributed by atoms with Crippen molar-refractivity contribution in [2.75, 3.05) is 33.4 Å². The number of methoxy groups -OCH3 is 1. The Kier molecular flexibility index (Phi) is 8.66. The van der Waals surface area contributed by atoms with E-state index in [9.17, 15) is 13.2 Å². The number of carbonyl (C=O) groups is 1. The summed E-state index contributed by atoms with van der Waals surface area (Å²) in [5.41, 5.74) is 4.78. The fraction of sp³-hybridized carbons (Fsp3) is 0.452. The van der Waals surface area contributed by atoms with Gasteiger partial charge in [-0.2, -0.15) is 4.31 Å². The Hall–Kier alpha value is -2.72. The zero-order valence-corrected chi connectivity index (χ0v) is 25.3. The largest absolute Gasteiger partial charge is 0.497 e. The average molecular weight is 583 g/mol. The van der Waals surface area contributed by atoms with Crippen LogP contribution in [-0.4, -0.2) is 63.0 Å². The lowest BCUT2D eigenvalue weighted by Gasteiger charge is -2.37.